The minimum atomic E-state index is -0.917. The highest BCUT2D eigenvalue weighted by Gasteiger charge is 2.18. The molecule has 94 valence electrons. The zero-order chi connectivity index (χ0) is 12.8. The van der Waals surface area contributed by atoms with E-state index in [1.165, 1.54) is 0 Å². The average molecular weight is 239 g/mol. The van der Waals surface area contributed by atoms with Crippen LogP contribution in [0.15, 0.2) is 24.3 Å². The van der Waals surface area contributed by atoms with Crippen molar-refractivity contribution in [2.45, 2.75) is 6.04 Å². The van der Waals surface area contributed by atoms with Crippen LogP contribution >= 0.6 is 0 Å². The number of hydrogen-bond acceptors (Lipinski definition) is 4. The number of hydrogen-bond donors (Lipinski definition) is 2. The van der Waals surface area contributed by atoms with Crippen LogP contribution in [0.4, 0.5) is 0 Å². The lowest BCUT2D eigenvalue weighted by Gasteiger charge is -2.25. The molecule has 0 aliphatic rings. The number of nitrogens with zero attached hydrogens (tertiary/aromatic N) is 1. The van der Waals surface area contributed by atoms with E-state index in [0.29, 0.717) is 0 Å². The van der Waals surface area contributed by atoms with Crippen LogP contribution < -0.4 is 4.74 Å². The molecule has 0 fully saturated rings. The van der Waals surface area contributed by atoms with E-state index in [1.807, 2.05) is 12.1 Å². The summed E-state index contributed by atoms with van der Waals surface area (Å²) in [6, 6.07) is 6.88. The van der Waals surface area contributed by atoms with Gasteiger partial charge in [0.15, 0.2) is 0 Å². The SMILES string of the molecule is COc1ccc(C(CO)N(C)CC(=O)O)cc1. The van der Waals surface area contributed by atoms with Crippen molar-refractivity contribution in [3.63, 3.8) is 0 Å². The molecule has 5 nitrogen and oxygen atoms in total. The van der Waals surface area contributed by atoms with Crippen molar-refractivity contribution >= 4 is 5.97 Å². The van der Waals surface area contributed by atoms with Gasteiger partial charge in [-0.1, -0.05) is 12.1 Å². The number of carbonyl (C=O) groups is 1. The topological polar surface area (TPSA) is 70.0 Å². The third-order valence-electron chi connectivity index (χ3n) is 2.59. The maximum Gasteiger partial charge on any atom is 0.317 e. The third kappa shape index (κ3) is 3.72. The van der Waals surface area contributed by atoms with Gasteiger partial charge in [-0.3, -0.25) is 9.69 Å². The maximum atomic E-state index is 10.6. The fourth-order valence-corrected chi connectivity index (χ4v) is 1.65. The molecule has 1 unspecified atom stereocenters. The molecule has 0 spiro atoms. The van der Waals surface area contributed by atoms with Crippen molar-refractivity contribution < 1.29 is 19.7 Å². The Kier molecular flexibility index (Phi) is 4.93. The molecule has 0 heterocycles. The number of benzene rings is 1. The Labute approximate surface area is 100 Å². The van der Waals surface area contributed by atoms with Crippen LogP contribution in [0.1, 0.15) is 11.6 Å². The lowest BCUT2D eigenvalue weighted by molar-refractivity contribution is -0.138. The smallest absolute Gasteiger partial charge is 0.317 e. The Hall–Kier alpha value is -1.59. The number of ether oxygens (including phenoxy) is 1. The molecule has 0 aromatic heterocycles. The Balaban J connectivity index is 2.81. The lowest BCUT2D eigenvalue weighted by Crippen LogP contribution is -2.32. The first-order valence-electron chi connectivity index (χ1n) is 5.25. The number of aliphatic hydroxyl groups excluding tert-OH is 1. The van der Waals surface area contributed by atoms with E-state index in [1.54, 1.807) is 31.2 Å². The quantitative estimate of drug-likeness (QED) is 0.766. The Bertz CT molecular complexity index is 363. The number of rotatable bonds is 6. The molecule has 1 rings (SSSR count). The summed E-state index contributed by atoms with van der Waals surface area (Å²) in [5.74, 6) is -0.189. The van der Waals surface area contributed by atoms with Gasteiger partial charge < -0.3 is 14.9 Å². The van der Waals surface area contributed by atoms with Crippen LogP contribution in [0.25, 0.3) is 0 Å². The van der Waals surface area contributed by atoms with Gasteiger partial charge in [0.2, 0.25) is 0 Å². The molecule has 0 aliphatic heterocycles. The summed E-state index contributed by atoms with van der Waals surface area (Å²) in [4.78, 5) is 12.2. The molecule has 0 amide bonds. The van der Waals surface area contributed by atoms with Crippen LogP contribution in [-0.4, -0.2) is 48.4 Å². The first kappa shape index (κ1) is 13.5. The number of carboxylic acid groups (broad SMARTS) is 1. The number of aliphatic carboxylic acids is 1. The fourth-order valence-electron chi connectivity index (χ4n) is 1.65. The molecule has 1 atom stereocenters. The minimum Gasteiger partial charge on any atom is -0.497 e. The molecule has 2 N–H and O–H groups in total. The van der Waals surface area contributed by atoms with Gasteiger partial charge in [-0.05, 0) is 24.7 Å². The zero-order valence-corrected chi connectivity index (χ0v) is 9.96. The summed E-state index contributed by atoms with van der Waals surface area (Å²) in [5.41, 5.74) is 0.858. The van der Waals surface area contributed by atoms with Crippen molar-refractivity contribution in [2.24, 2.45) is 0 Å². The van der Waals surface area contributed by atoms with Crippen molar-refractivity contribution in [2.75, 3.05) is 27.3 Å². The van der Waals surface area contributed by atoms with E-state index >= 15 is 0 Å². The summed E-state index contributed by atoms with van der Waals surface area (Å²) < 4.78 is 5.04. The molecule has 1 aromatic carbocycles. The first-order valence-corrected chi connectivity index (χ1v) is 5.25. The summed E-state index contributed by atoms with van der Waals surface area (Å²) in [6.07, 6.45) is 0. The van der Waals surface area contributed by atoms with Gasteiger partial charge in [0, 0.05) is 0 Å². The maximum absolute atomic E-state index is 10.6. The standard InChI is InChI=1S/C12H17NO4/c1-13(7-12(15)16)11(8-14)9-3-5-10(17-2)6-4-9/h3-6,11,14H,7-8H2,1-2H3,(H,15,16). The van der Waals surface area contributed by atoms with Gasteiger partial charge in [0.1, 0.15) is 5.75 Å². The number of methoxy groups -OCH3 is 1. The van der Waals surface area contributed by atoms with Crippen LogP contribution in [0.3, 0.4) is 0 Å². The molecule has 0 saturated carbocycles. The average Bonchev–Trinajstić information content (AvgIpc) is 2.30. The molecule has 0 bridgehead atoms. The van der Waals surface area contributed by atoms with Crippen LogP contribution in [0.5, 0.6) is 5.75 Å². The van der Waals surface area contributed by atoms with Crippen molar-refractivity contribution in [1.82, 2.24) is 4.90 Å². The van der Waals surface area contributed by atoms with E-state index in [9.17, 15) is 9.90 Å². The summed E-state index contributed by atoms with van der Waals surface area (Å²) >= 11 is 0. The van der Waals surface area contributed by atoms with Crippen LogP contribution in [0, 0.1) is 0 Å². The number of carboxylic acids is 1. The molecule has 1 aromatic rings. The molecule has 17 heavy (non-hydrogen) atoms. The third-order valence-corrected chi connectivity index (χ3v) is 2.59. The van der Waals surface area contributed by atoms with Crippen LogP contribution in [-0.2, 0) is 4.79 Å². The van der Waals surface area contributed by atoms with Gasteiger partial charge in [-0.15, -0.1) is 0 Å². The predicted molar refractivity (Wildman–Crippen MR) is 63.1 cm³/mol. The molecule has 0 saturated heterocycles. The highest BCUT2D eigenvalue weighted by Crippen LogP contribution is 2.21. The Morgan fingerprint density at radius 1 is 1.41 bits per heavy atom. The molecule has 0 aliphatic carbocycles. The highest BCUT2D eigenvalue weighted by atomic mass is 16.5. The summed E-state index contributed by atoms with van der Waals surface area (Å²) in [7, 11) is 3.24. The fraction of sp³-hybridized carbons (Fsp3) is 0.417. The second-order valence-electron chi connectivity index (χ2n) is 3.78. The number of likely N-dealkylation sites (N-methyl/N-ethyl adjacent to an activating group) is 1. The highest BCUT2D eigenvalue weighted by molar-refractivity contribution is 5.69. The van der Waals surface area contributed by atoms with E-state index in [-0.39, 0.29) is 19.2 Å². The predicted octanol–water partition coefficient (Wildman–Crippen LogP) is 0.745. The molecular formula is C12H17NO4. The van der Waals surface area contributed by atoms with E-state index in [0.717, 1.165) is 11.3 Å². The van der Waals surface area contributed by atoms with E-state index < -0.39 is 5.97 Å². The minimum absolute atomic E-state index is 0.114. The Morgan fingerprint density at radius 2 is 2.00 bits per heavy atom. The first-order chi connectivity index (χ1) is 8.08. The van der Waals surface area contributed by atoms with Gasteiger partial charge in [-0.2, -0.15) is 0 Å². The van der Waals surface area contributed by atoms with Gasteiger partial charge in [0.25, 0.3) is 0 Å². The van der Waals surface area contributed by atoms with Crippen molar-refractivity contribution in [3.8, 4) is 5.75 Å². The normalized spacial score (nSPS) is 12.5. The van der Waals surface area contributed by atoms with Crippen molar-refractivity contribution in [3.05, 3.63) is 29.8 Å². The van der Waals surface area contributed by atoms with Gasteiger partial charge >= 0.3 is 5.97 Å². The summed E-state index contributed by atoms with van der Waals surface area (Å²) in [5, 5.41) is 18.0. The van der Waals surface area contributed by atoms with E-state index in [2.05, 4.69) is 0 Å². The largest absolute Gasteiger partial charge is 0.497 e. The molecule has 5 heteroatoms. The lowest BCUT2D eigenvalue weighted by atomic mass is 10.1. The summed E-state index contributed by atoms with van der Waals surface area (Å²) in [6.45, 7) is -0.243. The monoisotopic (exact) mass is 239 g/mol. The number of aliphatic hydroxyl groups is 1. The molecular weight excluding hydrogens is 222 g/mol. The molecule has 0 radical (unpaired) electrons. The second-order valence-corrected chi connectivity index (χ2v) is 3.78. The second kappa shape index (κ2) is 6.22. The van der Waals surface area contributed by atoms with E-state index in [4.69, 9.17) is 9.84 Å². The van der Waals surface area contributed by atoms with Gasteiger partial charge in [-0.25, -0.2) is 0 Å². The van der Waals surface area contributed by atoms with Crippen molar-refractivity contribution in [1.29, 1.82) is 0 Å². The Morgan fingerprint density at radius 3 is 2.41 bits per heavy atom. The van der Waals surface area contributed by atoms with Crippen LogP contribution in [0.2, 0.25) is 0 Å². The van der Waals surface area contributed by atoms with Gasteiger partial charge in [0.05, 0.1) is 26.3 Å². The zero-order valence-electron chi connectivity index (χ0n) is 9.96.